The fourth-order valence-electron chi connectivity index (χ4n) is 1.73. The Morgan fingerprint density at radius 3 is 2.31 bits per heavy atom. The molecular formula is C11H24N2. The van der Waals surface area contributed by atoms with Crippen LogP contribution >= 0.6 is 0 Å². The molecule has 78 valence electrons. The van der Waals surface area contributed by atoms with Crippen molar-refractivity contribution in [2.45, 2.75) is 45.6 Å². The molecule has 0 saturated carbocycles. The number of piperidine rings is 1. The van der Waals surface area contributed by atoms with Crippen molar-refractivity contribution in [2.75, 3.05) is 19.6 Å². The molecule has 1 aliphatic rings. The molecule has 1 fully saturated rings. The fraction of sp³-hybridized carbons (Fsp3) is 1.00. The number of nitrogens with zero attached hydrogens (tertiary/aromatic N) is 1. The van der Waals surface area contributed by atoms with Crippen LogP contribution in [0.4, 0.5) is 0 Å². The van der Waals surface area contributed by atoms with Crippen molar-refractivity contribution >= 4 is 0 Å². The zero-order chi connectivity index (χ0) is 9.90. The van der Waals surface area contributed by atoms with Gasteiger partial charge in [0.05, 0.1) is 0 Å². The lowest BCUT2D eigenvalue weighted by atomic mass is 9.97. The minimum absolute atomic E-state index is 0.00304. The second-order valence-corrected chi connectivity index (χ2v) is 5.26. The van der Waals surface area contributed by atoms with Gasteiger partial charge in [0.2, 0.25) is 0 Å². The van der Waals surface area contributed by atoms with E-state index in [2.05, 4.69) is 25.7 Å². The third-order valence-corrected chi connectivity index (χ3v) is 2.95. The van der Waals surface area contributed by atoms with E-state index in [-0.39, 0.29) is 5.54 Å². The average Bonchev–Trinajstić information content (AvgIpc) is 2.02. The predicted molar refractivity (Wildman–Crippen MR) is 57.7 cm³/mol. The van der Waals surface area contributed by atoms with Crippen LogP contribution in [0.1, 0.15) is 40.0 Å². The van der Waals surface area contributed by atoms with Gasteiger partial charge in [-0.1, -0.05) is 6.92 Å². The molecular weight excluding hydrogens is 160 g/mol. The minimum Gasteiger partial charge on any atom is -0.326 e. The van der Waals surface area contributed by atoms with E-state index in [1.807, 2.05) is 0 Å². The monoisotopic (exact) mass is 184 g/mol. The molecule has 0 unspecified atom stereocenters. The zero-order valence-corrected chi connectivity index (χ0v) is 9.34. The highest BCUT2D eigenvalue weighted by Gasteiger charge is 2.18. The highest BCUT2D eigenvalue weighted by atomic mass is 15.1. The van der Waals surface area contributed by atoms with Gasteiger partial charge in [-0.05, 0) is 58.7 Å². The third-order valence-electron chi connectivity index (χ3n) is 2.95. The lowest BCUT2D eigenvalue weighted by Gasteiger charge is -2.32. The molecule has 0 atom stereocenters. The van der Waals surface area contributed by atoms with E-state index in [1.54, 1.807) is 0 Å². The molecule has 1 heterocycles. The summed E-state index contributed by atoms with van der Waals surface area (Å²) in [5, 5.41) is 0. The molecule has 0 spiro atoms. The largest absolute Gasteiger partial charge is 0.326 e. The number of hydrogen-bond donors (Lipinski definition) is 1. The van der Waals surface area contributed by atoms with Crippen LogP contribution in [-0.4, -0.2) is 30.1 Å². The fourth-order valence-corrected chi connectivity index (χ4v) is 1.73. The third kappa shape index (κ3) is 4.63. The summed E-state index contributed by atoms with van der Waals surface area (Å²) in [7, 11) is 0. The van der Waals surface area contributed by atoms with Gasteiger partial charge in [-0.3, -0.25) is 0 Å². The molecule has 0 radical (unpaired) electrons. The smallest absolute Gasteiger partial charge is 0.0109 e. The molecule has 2 N–H and O–H groups in total. The SMILES string of the molecule is CC1CCN(CCC(C)(C)N)CC1. The maximum Gasteiger partial charge on any atom is 0.0109 e. The Labute approximate surface area is 82.5 Å². The summed E-state index contributed by atoms with van der Waals surface area (Å²) in [5.41, 5.74) is 5.96. The normalized spacial score (nSPS) is 22.2. The van der Waals surface area contributed by atoms with Crippen LogP contribution in [0.2, 0.25) is 0 Å². The van der Waals surface area contributed by atoms with Crippen LogP contribution in [-0.2, 0) is 0 Å². The van der Waals surface area contributed by atoms with Crippen molar-refractivity contribution in [1.82, 2.24) is 4.90 Å². The first kappa shape index (κ1) is 11.0. The first-order valence-corrected chi connectivity index (χ1v) is 5.48. The predicted octanol–water partition coefficient (Wildman–Crippen LogP) is 1.85. The van der Waals surface area contributed by atoms with E-state index in [1.165, 1.54) is 32.5 Å². The summed E-state index contributed by atoms with van der Waals surface area (Å²) in [6, 6.07) is 0. The number of nitrogens with two attached hydrogens (primary N) is 1. The Morgan fingerprint density at radius 2 is 1.85 bits per heavy atom. The maximum absolute atomic E-state index is 5.95. The molecule has 0 aromatic carbocycles. The van der Waals surface area contributed by atoms with Gasteiger partial charge < -0.3 is 10.6 Å². The lowest BCUT2D eigenvalue weighted by molar-refractivity contribution is 0.180. The first-order valence-electron chi connectivity index (χ1n) is 5.48. The van der Waals surface area contributed by atoms with Crippen LogP contribution in [0.3, 0.4) is 0 Å². The van der Waals surface area contributed by atoms with Crippen molar-refractivity contribution in [1.29, 1.82) is 0 Å². The highest BCUT2D eigenvalue weighted by Crippen LogP contribution is 2.17. The van der Waals surface area contributed by atoms with Crippen molar-refractivity contribution < 1.29 is 0 Å². The van der Waals surface area contributed by atoms with Crippen molar-refractivity contribution in [2.24, 2.45) is 11.7 Å². The van der Waals surface area contributed by atoms with Crippen molar-refractivity contribution in [3.8, 4) is 0 Å². The van der Waals surface area contributed by atoms with Gasteiger partial charge >= 0.3 is 0 Å². The van der Waals surface area contributed by atoms with Gasteiger partial charge in [-0.25, -0.2) is 0 Å². The quantitative estimate of drug-likeness (QED) is 0.725. The standard InChI is InChI=1S/C11H24N2/c1-10-4-7-13(8-5-10)9-6-11(2,3)12/h10H,4-9,12H2,1-3H3. The Kier molecular flexibility index (Phi) is 3.74. The van der Waals surface area contributed by atoms with Gasteiger partial charge in [-0.15, -0.1) is 0 Å². The second kappa shape index (κ2) is 4.43. The van der Waals surface area contributed by atoms with Crippen LogP contribution < -0.4 is 5.73 Å². The van der Waals surface area contributed by atoms with E-state index in [0.717, 1.165) is 12.3 Å². The topological polar surface area (TPSA) is 29.3 Å². The summed E-state index contributed by atoms with van der Waals surface area (Å²) in [5.74, 6) is 0.933. The van der Waals surface area contributed by atoms with Crippen molar-refractivity contribution in [3.05, 3.63) is 0 Å². The molecule has 13 heavy (non-hydrogen) atoms. The van der Waals surface area contributed by atoms with E-state index in [0.29, 0.717) is 0 Å². The summed E-state index contributed by atoms with van der Waals surface area (Å²) >= 11 is 0. The van der Waals surface area contributed by atoms with Crippen LogP contribution in [0.15, 0.2) is 0 Å². The molecule has 0 amide bonds. The molecule has 2 nitrogen and oxygen atoms in total. The zero-order valence-electron chi connectivity index (χ0n) is 9.34. The molecule has 2 heteroatoms. The van der Waals surface area contributed by atoms with Gasteiger partial charge in [0.1, 0.15) is 0 Å². The molecule has 0 aromatic rings. The molecule has 0 bridgehead atoms. The summed E-state index contributed by atoms with van der Waals surface area (Å²) in [6.07, 6.45) is 3.84. The second-order valence-electron chi connectivity index (χ2n) is 5.26. The maximum atomic E-state index is 5.95. The number of hydrogen-bond acceptors (Lipinski definition) is 2. The summed E-state index contributed by atoms with van der Waals surface area (Å²) in [6.45, 7) is 10.3. The molecule has 1 saturated heterocycles. The number of likely N-dealkylation sites (tertiary alicyclic amines) is 1. The minimum atomic E-state index is 0.00304. The Hall–Kier alpha value is -0.0800. The van der Waals surface area contributed by atoms with Gasteiger partial charge in [0, 0.05) is 5.54 Å². The summed E-state index contributed by atoms with van der Waals surface area (Å²) in [4.78, 5) is 2.55. The Morgan fingerprint density at radius 1 is 1.31 bits per heavy atom. The average molecular weight is 184 g/mol. The summed E-state index contributed by atoms with van der Waals surface area (Å²) < 4.78 is 0. The van der Waals surface area contributed by atoms with Crippen LogP contribution in [0, 0.1) is 5.92 Å². The van der Waals surface area contributed by atoms with Gasteiger partial charge in [0.25, 0.3) is 0 Å². The van der Waals surface area contributed by atoms with E-state index >= 15 is 0 Å². The van der Waals surface area contributed by atoms with Gasteiger partial charge in [0.15, 0.2) is 0 Å². The van der Waals surface area contributed by atoms with E-state index in [4.69, 9.17) is 5.73 Å². The Balaban J connectivity index is 2.16. The lowest BCUT2D eigenvalue weighted by Crippen LogP contribution is -2.40. The first-order chi connectivity index (χ1) is 5.97. The van der Waals surface area contributed by atoms with E-state index in [9.17, 15) is 0 Å². The van der Waals surface area contributed by atoms with E-state index < -0.39 is 0 Å². The van der Waals surface area contributed by atoms with Crippen LogP contribution in [0.25, 0.3) is 0 Å². The number of rotatable bonds is 3. The highest BCUT2D eigenvalue weighted by molar-refractivity contribution is 4.76. The molecule has 1 aliphatic heterocycles. The van der Waals surface area contributed by atoms with Crippen molar-refractivity contribution in [3.63, 3.8) is 0 Å². The van der Waals surface area contributed by atoms with Gasteiger partial charge in [-0.2, -0.15) is 0 Å². The molecule has 1 rings (SSSR count). The van der Waals surface area contributed by atoms with Crippen LogP contribution in [0.5, 0.6) is 0 Å². The Bertz CT molecular complexity index is 141. The molecule has 0 aliphatic carbocycles. The molecule has 0 aromatic heterocycles.